The molecule has 2 aromatic heterocycles. The Labute approximate surface area is 384 Å². The van der Waals surface area contributed by atoms with Crippen LogP contribution in [-0.4, -0.2) is 4.98 Å². The van der Waals surface area contributed by atoms with Gasteiger partial charge in [0.15, 0.2) is 0 Å². The summed E-state index contributed by atoms with van der Waals surface area (Å²) in [6, 6.07) is 89.0. The van der Waals surface area contributed by atoms with Gasteiger partial charge in [0.25, 0.3) is 0 Å². The smallest absolute Gasteiger partial charge is 0.135 e. The summed E-state index contributed by atoms with van der Waals surface area (Å²) in [6.07, 6.45) is 3.62. The van der Waals surface area contributed by atoms with Crippen LogP contribution in [0.25, 0.3) is 44.5 Å². The fraction of sp³-hybridized carbons (Fsp3) is 0.0317. The summed E-state index contributed by atoms with van der Waals surface area (Å²) in [5.41, 5.74) is 19.0. The summed E-state index contributed by atoms with van der Waals surface area (Å²) in [5.74, 6) is 0.814. The van der Waals surface area contributed by atoms with Crippen LogP contribution in [0.15, 0.2) is 259 Å². The number of benzene rings is 9. The maximum atomic E-state index is 6.48. The van der Waals surface area contributed by atoms with Gasteiger partial charge in [-0.15, -0.1) is 0 Å². The van der Waals surface area contributed by atoms with Crippen LogP contribution >= 0.6 is 0 Å². The largest absolute Gasteiger partial charge is 0.456 e. The number of anilines is 3. The van der Waals surface area contributed by atoms with Crippen molar-refractivity contribution in [3.63, 3.8) is 0 Å². The van der Waals surface area contributed by atoms with Crippen LogP contribution < -0.4 is 4.90 Å². The van der Waals surface area contributed by atoms with Gasteiger partial charge in [0.1, 0.15) is 11.3 Å². The molecular weight excluding hydrogens is 801 g/mol. The van der Waals surface area contributed by atoms with Crippen molar-refractivity contribution in [2.24, 2.45) is 0 Å². The third-order valence-corrected chi connectivity index (χ3v) is 14.1. The first-order valence-corrected chi connectivity index (χ1v) is 22.7. The number of furan rings is 1. The number of aromatic nitrogens is 1. The summed E-state index contributed by atoms with van der Waals surface area (Å²) in [6.45, 7) is 0. The molecule has 0 bridgehead atoms. The van der Waals surface area contributed by atoms with E-state index < -0.39 is 10.8 Å². The fourth-order valence-corrected chi connectivity index (χ4v) is 11.4. The van der Waals surface area contributed by atoms with E-state index in [0.717, 1.165) is 39.4 Å². The average Bonchev–Trinajstić information content (AvgIpc) is 4.05. The molecule has 3 heteroatoms. The van der Waals surface area contributed by atoms with Crippen molar-refractivity contribution < 1.29 is 4.42 Å². The van der Waals surface area contributed by atoms with E-state index >= 15 is 0 Å². The zero-order valence-corrected chi connectivity index (χ0v) is 36.1. The van der Waals surface area contributed by atoms with E-state index in [0.29, 0.717) is 0 Å². The summed E-state index contributed by atoms with van der Waals surface area (Å²) >= 11 is 0. The minimum absolute atomic E-state index is 0.499. The van der Waals surface area contributed by atoms with E-state index in [1.165, 1.54) is 66.8 Å². The standard InChI is InChI=1S/C63H42N2O/c1-5-17-45(18-6-1)62(46-19-7-2-8-20-46)57-28-16-14-26-53(57)55-41-50(30-33-58(55)62)65(49-31-34-60-44(39-49)40-61(66-60)43-35-37-64-38-36-43)51-29-32-54-52-25-13-15-27-56(52)63(59(54)42-51,47-21-9-3-10-22-47)48-23-11-4-12-24-48/h1-42H. The van der Waals surface area contributed by atoms with Gasteiger partial charge in [-0.2, -0.15) is 0 Å². The molecule has 310 valence electrons. The molecule has 0 amide bonds. The Kier molecular flexibility index (Phi) is 8.66. The lowest BCUT2D eigenvalue weighted by Gasteiger charge is -2.35. The Hall–Kier alpha value is -8.53. The molecule has 0 unspecified atom stereocenters. The van der Waals surface area contributed by atoms with Crippen molar-refractivity contribution in [1.82, 2.24) is 4.98 Å². The number of hydrogen-bond donors (Lipinski definition) is 0. The van der Waals surface area contributed by atoms with Crippen LogP contribution in [-0.2, 0) is 10.8 Å². The molecule has 0 fully saturated rings. The lowest BCUT2D eigenvalue weighted by molar-refractivity contribution is 0.631. The highest BCUT2D eigenvalue weighted by molar-refractivity contribution is 5.94. The second kappa shape index (κ2) is 15.0. The molecule has 11 aromatic rings. The zero-order chi connectivity index (χ0) is 43.7. The van der Waals surface area contributed by atoms with E-state index in [4.69, 9.17) is 4.42 Å². The third-order valence-electron chi connectivity index (χ3n) is 14.1. The van der Waals surface area contributed by atoms with Crippen molar-refractivity contribution in [2.45, 2.75) is 10.8 Å². The molecule has 0 radical (unpaired) electrons. The molecule has 9 aromatic carbocycles. The maximum Gasteiger partial charge on any atom is 0.135 e. The number of rotatable bonds is 8. The van der Waals surface area contributed by atoms with E-state index in [1.54, 1.807) is 0 Å². The van der Waals surface area contributed by atoms with Gasteiger partial charge in [-0.3, -0.25) is 4.98 Å². The van der Waals surface area contributed by atoms with E-state index in [2.05, 4.69) is 240 Å². The van der Waals surface area contributed by atoms with Gasteiger partial charge in [0.2, 0.25) is 0 Å². The molecule has 2 heterocycles. The summed E-state index contributed by atoms with van der Waals surface area (Å²) in [4.78, 5) is 6.69. The molecule has 0 atom stereocenters. The molecule has 3 nitrogen and oxygen atoms in total. The molecule has 0 saturated carbocycles. The molecular formula is C63H42N2O. The average molecular weight is 843 g/mol. The van der Waals surface area contributed by atoms with Crippen LogP contribution in [0.3, 0.4) is 0 Å². The highest BCUT2D eigenvalue weighted by atomic mass is 16.3. The van der Waals surface area contributed by atoms with Gasteiger partial charge in [0.05, 0.1) is 10.8 Å². The van der Waals surface area contributed by atoms with Gasteiger partial charge in [-0.1, -0.05) is 182 Å². The first kappa shape index (κ1) is 38.0. The second-order valence-corrected chi connectivity index (χ2v) is 17.4. The number of pyridine rings is 1. The Balaban J connectivity index is 1.07. The topological polar surface area (TPSA) is 29.3 Å². The Morgan fingerprint density at radius 1 is 0.333 bits per heavy atom. The van der Waals surface area contributed by atoms with Gasteiger partial charge in [-0.25, -0.2) is 0 Å². The van der Waals surface area contributed by atoms with Gasteiger partial charge in [0, 0.05) is 40.4 Å². The zero-order valence-electron chi connectivity index (χ0n) is 36.1. The molecule has 0 N–H and O–H groups in total. The van der Waals surface area contributed by atoms with E-state index in [-0.39, 0.29) is 0 Å². The number of fused-ring (bicyclic) bond motifs is 7. The molecule has 0 aliphatic heterocycles. The van der Waals surface area contributed by atoms with Crippen LogP contribution in [0.5, 0.6) is 0 Å². The molecule has 0 spiro atoms. The SMILES string of the molecule is c1ccc(C2(c3ccccc3)c3ccccc3-c3cc(N(c4ccc5c(c4)C(c4ccccc4)(c4ccccc4)c4ccccc4-5)c4ccc5oc(-c6ccncc6)cc5c4)ccc32)cc1. The molecule has 2 aliphatic carbocycles. The van der Waals surface area contributed by atoms with Crippen molar-refractivity contribution in [1.29, 1.82) is 0 Å². The van der Waals surface area contributed by atoms with Crippen LogP contribution in [0.2, 0.25) is 0 Å². The van der Waals surface area contributed by atoms with Crippen LogP contribution in [0, 0.1) is 0 Å². The highest BCUT2D eigenvalue weighted by Crippen LogP contribution is 2.59. The second-order valence-electron chi connectivity index (χ2n) is 17.4. The number of nitrogens with zero attached hydrogens (tertiary/aromatic N) is 2. The van der Waals surface area contributed by atoms with Crippen molar-refractivity contribution in [2.75, 3.05) is 4.90 Å². The van der Waals surface area contributed by atoms with Gasteiger partial charge >= 0.3 is 0 Å². The maximum absolute atomic E-state index is 6.48. The Bertz CT molecular complexity index is 3500. The quantitative estimate of drug-likeness (QED) is 0.153. The summed E-state index contributed by atoms with van der Waals surface area (Å²) < 4.78 is 6.48. The van der Waals surface area contributed by atoms with Crippen LogP contribution in [0.4, 0.5) is 17.1 Å². The Morgan fingerprint density at radius 3 is 1.36 bits per heavy atom. The fourth-order valence-electron chi connectivity index (χ4n) is 11.4. The van der Waals surface area contributed by atoms with Crippen molar-refractivity contribution in [3.05, 3.63) is 300 Å². The lowest BCUT2D eigenvalue weighted by atomic mass is 9.67. The molecule has 66 heavy (non-hydrogen) atoms. The Morgan fingerprint density at radius 2 is 0.773 bits per heavy atom. The van der Waals surface area contributed by atoms with Crippen LogP contribution in [0.1, 0.15) is 44.5 Å². The summed E-state index contributed by atoms with van der Waals surface area (Å²) in [7, 11) is 0. The monoisotopic (exact) mass is 842 g/mol. The van der Waals surface area contributed by atoms with Gasteiger partial charge in [-0.05, 0) is 127 Å². The first-order chi connectivity index (χ1) is 32.7. The molecule has 13 rings (SSSR count). The highest BCUT2D eigenvalue weighted by Gasteiger charge is 2.48. The molecule has 0 saturated heterocycles. The predicted octanol–water partition coefficient (Wildman–Crippen LogP) is 15.7. The number of hydrogen-bond acceptors (Lipinski definition) is 3. The predicted molar refractivity (Wildman–Crippen MR) is 269 cm³/mol. The van der Waals surface area contributed by atoms with E-state index in [1.807, 2.05) is 24.5 Å². The van der Waals surface area contributed by atoms with Crippen molar-refractivity contribution >= 4 is 28.0 Å². The van der Waals surface area contributed by atoms with Crippen molar-refractivity contribution in [3.8, 4) is 33.6 Å². The molecule has 2 aliphatic rings. The van der Waals surface area contributed by atoms with E-state index in [9.17, 15) is 0 Å². The summed E-state index contributed by atoms with van der Waals surface area (Å²) in [5, 5.41) is 1.03. The normalized spacial score (nSPS) is 13.7. The van der Waals surface area contributed by atoms with Gasteiger partial charge < -0.3 is 9.32 Å². The minimum Gasteiger partial charge on any atom is -0.456 e. The minimum atomic E-state index is -0.550. The first-order valence-electron chi connectivity index (χ1n) is 22.7. The lowest BCUT2D eigenvalue weighted by Crippen LogP contribution is -2.28. The third kappa shape index (κ3) is 5.53.